The molecule has 0 aromatic rings. The van der Waals surface area contributed by atoms with Crippen molar-refractivity contribution in [2.24, 2.45) is 11.7 Å². The Balaban J connectivity index is 3.66. The summed E-state index contributed by atoms with van der Waals surface area (Å²) in [6.07, 6.45) is 4.94. The molecule has 20 heavy (non-hydrogen) atoms. The number of nitrogens with two attached hydrogens (primary N) is 1. The number of carbonyl (C=O) groups is 1. The van der Waals surface area contributed by atoms with Crippen molar-refractivity contribution in [1.82, 2.24) is 10.2 Å². The highest BCUT2D eigenvalue weighted by Crippen LogP contribution is 2.16. The van der Waals surface area contributed by atoms with E-state index in [1.165, 1.54) is 6.42 Å². The van der Waals surface area contributed by atoms with E-state index in [0.717, 1.165) is 45.5 Å². The molecule has 0 aliphatic heterocycles. The minimum absolute atomic E-state index is 0.156. The Morgan fingerprint density at radius 1 is 1.30 bits per heavy atom. The molecule has 0 aliphatic rings. The van der Waals surface area contributed by atoms with Gasteiger partial charge in [-0.1, -0.05) is 19.8 Å². The molecule has 5 heteroatoms. The van der Waals surface area contributed by atoms with E-state index in [1.54, 1.807) is 7.11 Å². The van der Waals surface area contributed by atoms with Gasteiger partial charge in [0, 0.05) is 33.2 Å². The van der Waals surface area contributed by atoms with Crippen molar-refractivity contribution in [1.29, 1.82) is 0 Å². The summed E-state index contributed by atoms with van der Waals surface area (Å²) in [5, 5.41) is 2.98. The fourth-order valence-corrected chi connectivity index (χ4v) is 2.25. The average Bonchev–Trinajstić information content (AvgIpc) is 2.43. The fraction of sp³-hybridized carbons (Fsp3) is 0.933. The molecule has 0 saturated carbocycles. The molecule has 1 amide bonds. The topological polar surface area (TPSA) is 67.6 Å². The summed E-state index contributed by atoms with van der Waals surface area (Å²) >= 11 is 0. The summed E-state index contributed by atoms with van der Waals surface area (Å²) in [7, 11) is 3.73. The maximum absolute atomic E-state index is 11.8. The van der Waals surface area contributed by atoms with Crippen LogP contribution in [0.25, 0.3) is 0 Å². The van der Waals surface area contributed by atoms with Crippen LogP contribution in [0, 0.1) is 5.92 Å². The summed E-state index contributed by atoms with van der Waals surface area (Å²) < 4.78 is 5.01. The van der Waals surface area contributed by atoms with E-state index in [9.17, 15) is 4.79 Å². The predicted molar refractivity (Wildman–Crippen MR) is 83.7 cm³/mol. The minimum atomic E-state index is 0.156. The van der Waals surface area contributed by atoms with Gasteiger partial charge in [-0.15, -0.1) is 0 Å². The Kier molecular flexibility index (Phi) is 12.9. The van der Waals surface area contributed by atoms with Crippen LogP contribution in [0.15, 0.2) is 0 Å². The molecule has 3 N–H and O–H groups in total. The third-order valence-electron chi connectivity index (χ3n) is 3.54. The first-order chi connectivity index (χ1) is 9.63. The van der Waals surface area contributed by atoms with Gasteiger partial charge in [0.1, 0.15) is 0 Å². The predicted octanol–water partition coefficient (Wildman–Crippen LogP) is 1.23. The van der Waals surface area contributed by atoms with Crippen LogP contribution < -0.4 is 11.1 Å². The van der Waals surface area contributed by atoms with Crippen LogP contribution >= 0.6 is 0 Å². The smallest absolute Gasteiger partial charge is 0.220 e. The lowest BCUT2D eigenvalue weighted by Crippen LogP contribution is -2.34. The zero-order valence-corrected chi connectivity index (χ0v) is 13.5. The number of likely N-dealkylation sites (N-methyl/N-ethyl adjacent to an activating group) is 1. The lowest BCUT2D eigenvalue weighted by Gasteiger charge is -2.17. The number of ether oxygens (including phenoxy) is 1. The molecule has 1 unspecified atom stereocenters. The highest BCUT2D eigenvalue weighted by molar-refractivity contribution is 5.75. The van der Waals surface area contributed by atoms with Crippen LogP contribution in [0.1, 0.15) is 39.0 Å². The van der Waals surface area contributed by atoms with Gasteiger partial charge in [-0.05, 0) is 32.4 Å². The number of carbonyl (C=O) groups excluding carboxylic acids is 1. The fourth-order valence-electron chi connectivity index (χ4n) is 2.25. The molecule has 5 nitrogen and oxygen atoms in total. The Bertz CT molecular complexity index is 231. The van der Waals surface area contributed by atoms with Gasteiger partial charge < -0.3 is 20.7 Å². The standard InChI is InChI=1S/C15H33N3O2/c1-4-5-14(8-9-16)6-7-15(19)17-10-11-18(2)12-13-20-3/h14H,4-13,16H2,1-3H3,(H,17,19). The molecule has 0 heterocycles. The Morgan fingerprint density at radius 3 is 2.65 bits per heavy atom. The molecule has 0 rings (SSSR count). The van der Waals surface area contributed by atoms with Crippen molar-refractivity contribution in [3.63, 3.8) is 0 Å². The molecule has 0 saturated heterocycles. The van der Waals surface area contributed by atoms with Crippen molar-refractivity contribution < 1.29 is 9.53 Å². The van der Waals surface area contributed by atoms with Crippen molar-refractivity contribution in [3.8, 4) is 0 Å². The summed E-state index contributed by atoms with van der Waals surface area (Å²) in [5.74, 6) is 0.753. The lowest BCUT2D eigenvalue weighted by molar-refractivity contribution is -0.121. The Labute approximate surface area is 124 Å². The zero-order chi connectivity index (χ0) is 15.2. The zero-order valence-electron chi connectivity index (χ0n) is 13.5. The monoisotopic (exact) mass is 287 g/mol. The largest absolute Gasteiger partial charge is 0.383 e. The second-order valence-electron chi connectivity index (χ2n) is 5.42. The second kappa shape index (κ2) is 13.3. The van der Waals surface area contributed by atoms with Crippen LogP contribution in [0.2, 0.25) is 0 Å². The molecule has 0 bridgehead atoms. The SMILES string of the molecule is CCCC(CCN)CCC(=O)NCCN(C)CCOC. The molecule has 0 aliphatic carbocycles. The summed E-state index contributed by atoms with van der Waals surface area (Å²) in [5.41, 5.74) is 5.60. The minimum Gasteiger partial charge on any atom is -0.383 e. The number of hydrogen-bond donors (Lipinski definition) is 2. The van der Waals surface area contributed by atoms with Crippen molar-refractivity contribution in [3.05, 3.63) is 0 Å². The highest BCUT2D eigenvalue weighted by Gasteiger charge is 2.10. The summed E-state index contributed by atoms with van der Waals surface area (Å²) in [4.78, 5) is 13.9. The molecule has 0 spiro atoms. The van der Waals surface area contributed by atoms with Gasteiger partial charge in [0.2, 0.25) is 5.91 Å². The Hall–Kier alpha value is -0.650. The van der Waals surface area contributed by atoms with Gasteiger partial charge in [-0.2, -0.15) is 0 Å². The molecular weight excluding hydrogens is 254 g/mol. The van der Waals surface area contributed by atoms with E-state index in [4.69, 9.17) is 10.5 Å². The molecule has 120 valence electrons. The quantitative estimate of drug-likeness (QED) is 0.534. The Morgan fingerprint density at radius 2 is 2.05 bits per heavy atom. The maximum Gasteiger partial charge on any atom is 0.220 e. The number of methoxy groups -OCH3 is 1. The maximum atomic E-state index is 11.8. The van der Waals surface area contributed by atoms with E-state index < -0.39 is 0 Å². The molecule has 1 atom stereocenters. The number of amides is 1. The number of rotatable bonds is 13. The normalized spacial score (nSPS) is 12.7. The van der Waals surface area contributed by atoms with Gasteiger partial charge in [0.15, 0.2) is 0 Å². The second-order valence-corrected chi connectivity index (χ2v) is 5.42. The first kappa shape index (κ1) is 19.4. The molecule has 0 aromatic heterocycles. The number of nitrogens with one attached hydrogen (secondary N) is 1. The van der Waals surface area contributed by atoms with E-state index >= 15 is 0 Å². The number of hydrogen-bond acceptors (Lipinski definition) is 4. The van der Waals surface area contributed by atoms with Crippen LogP contribution in [-0.4, -0.2) is 57.8 Å². The van der Waals surface area contributed by atoms with E-state index in [2.05, 4.69) is 17.1 Å². The number of nitrogens with zero attached hydrogens (tertiary/aromatic N) is 1. The summed E-state index contributed by atoms with van der Waals surface area (Å²) in [6.45, 7) is 6.07. The van der Waals surface area contributed by atoms with E-state index in [-0.39, 0.29) is 5.91 Å². The van der Waals surface area contributed by atoms with Gasteiger partial charge in [-0.25, -0.2) is 0 Å². The van der Waals surface area contributed by atoms with Gasteiger partial charge in [0.05, 0.1) is 6.61 Å². The van der Waals surface area contributed by atoms with Crippen LogP contribution in [0.4, 0.5) is 0 Å². The van der Waals surface area contributed by atoms with Gasteiger partial charge in [0.25, 0.3) is 0 Å². The average molecular weight is 287 g/mol. The first-order valence-electron chi connectivity index (χ1n) is 7.78. The third kappa shape index (κ3) is 11.2. The summed E-state index contributed by atoms with van der Waals surface area (Å²) in [6, 6.07) is 0. The van der Waals surface area contributed by atoms with Crippen molar-refractivity contribution in [2.75, 3.05) is 46.9 Å². The molecule has 0 aromatic carbocycles. The van der Waals surface area contributed by atoms with E-state index in [1.807, 2.05) is 7.05 Å². The third-order valence-corrected chi connectivity index (χ3v) is 3.54. The first-order valence-corrected chi connectivity index (χ1v) is 7.78. The van der Waals surface area contributed by atoms with Crippen LogP contribution in [-0.2, 0) is 9.53 Å². The van der Waals surface area contributed by atoms with Crippen LogP contribution in [0.5, 0.6) is 0 Å². The molecular formula is C15H33N3O2. The highest BCUT2D eigenvalue weighted by atomic mass is 16.5. The van der Waals surface area contributed by atoms with Gasteiger partial charge in [-0.3, -0.25) is 4.79 Å². The van der Waals surface area contributed by atoms with Crippen molar-refractivity contribution in [2.45, 2.75) is 39.0 Å². The van der Waals surface area contributed by atoms with Crippen LogP contribution in [0.3, 0.4) is 0 Å². The van der Waals surface area contributed by atoms with Gasteiger partial charge >= 0.3 is 0 Å². The molecule has 0 fully saturated rings. The molecule has 0 radical (unpaired) electrons. The van der Waals surface area contributed by atoms with E-state index in [0.29, 0.717) is 18.9 Å². The lowest BCUT2D eigenvalue weighted by atomic mass is 9.94. The van der Waals surface area contributed by atoms with Crippen molar-refractivity contribution >= 4 is 5.91 Å².